The molecule has 3 aromatic rings. The van der Waals surface area contributed by atoms with Gasteiger partial charge in [0.2, 0.25) is 21.7 Å². The molecule has 0 aliphatic rings. The summed E-state index contributed by atoms with van der Waals surface area (Å²) >= 11 is 0. The Morgan fingerprint density at radius 3 is 2.21 bits per heavy atom. The van der Waals surface area contributed by atoms with Gasteiger partial charge in [-0.05, 0) is 56.9 Å². The van der Waals surface area contributed by atoms with Crippen LogP contribution in [0.5, 0.6) is 0 Å². The SMILES string of the molecule is CC(C)CC(Nc1c(F)c(N)nc(F)c1F)C(=O)Nc1ccc(-c2ccccc2S(=O)(=O)NC(C)(C)C)cc1. The van der Waals surface area contributed by atoms with Crippen molar-refractivity contribution >= 4 is 33.1 Å². The zero-order valence-corrected chi connectivity index (χ0v) is 23.1. The molecular weight excluding hydrogens is 531 g/mol. The number of pyridine rings is 1. The predicted octanol–water partition coefficient (Wildman–Crippen LogP) is 5.29. The third kappa shape index (κ3) is 7.48. The first-order chi connectivity index (χ1) is 18.1. The average molecular weight is 564 g/mol. The molecular formula is C27H32F3N5O3S. The van der Waals surface area contributed by atoms with Gasteiger partial charge in [0.1, 0.15) is 11.7 Å². The van der Waals surface area contributed by atoms with Gasteiger partial charge in [0.15, 0.2) is 11.6 Å². The smallest absolute Gasteiger partial charge is 0.253 e. The quantitative estimate of drug-likeness (QED) is 0.262. The lowest BCUT2D eigenvalue weighted by molar-refractivity contribution is -0.117. The van der Waals surface area contributed by atoms with Gasteiger partial charge >= 0.3 is 0 Å². The Hall–Kier alpha value is -3.64. The molecule has 0 saturated carbocycles. The van der Waals surface area contributed by atoms with Crippen molar-refractivity contribution in [2.45, 2.75) is 57.5 Å². The second-order valence-electron chi connectivity index (χ2n) is 10.5. The number of halogens is 3. The molecule has 1 unspecified atom stereocenters. The molecule has 0 fully saturated rings. The topological polar surface area (TPSA) is 126 Å². The third-order valence-corrected chi connectivity index (χ3v) is 7.30. The number of nitrogen functional groups attached to an aromatic ring is 1. The molecule has 1 atom stereocenters. The number of aromatic nitrogens is 1. The van der Waals surface area contributed by atoms with Gasteiger partial charge < -0.3 is 16.4 Å². The molecule has 8 nitrogen and oxygen atoms in total. The molecule has 1 amide bonds. The summed E-state index contributed by atoms with van der Waals surface area (Å²) in [7, 11) is -3.82. The normalized spacial score (nSPS) is 12.8. The Kier molecular flexibility index (Phi) is 8.91. The summed E-state index contributed by atoms with van der Waals surface area (Å²) in [6.45, 7) is 8.86. The molecule has 0 aliphatic carbocycles. The fourth-order valence-electron chi connectivity index (χ4n) is 3.90. The number of nitrogens with two attached hydrogens (primary N) is 1. The Bertz CT molecular complexity index is 1430. The van der Waals surface area contributed by atoms with E-state index >= 15 is 0 Å². The van der Waals surface area contributed by atoms with Gasteiger partial charge in [-0.1, -0.05) is 44.2 Å². The van der Waals surface area contributed by atoms with E-state index in [1.54, 1.807) is 63.2 Å². The number of carbonyl (C=O) groups excluding carboxylic acids is 1. The van der Waals surface area contributed by atoms with Gasteiger partial charge in [-0.25, -0.2) is 17.5 Å². The van der Waals surface area contributed by atoms with Crippen LogP contribution in [-0.4, -0.2) is 30.9 Å². The minimum Gasteiger partial charge on any atom is -0.381 e. The van der Waals surface area contributed by atoms with E-state index in [0.29, 0.717) is 16.8 Å². The van der Waals surface area contributed by atoms with Crippen LogP contribution >= 0.6 is 0 Å². The number of nitrogens with one attached hydrogen (secondary N) is 3. The molecule has 0 saturated heterocycles. The number of benzene rings is 2. The highest BCUT2D eigenvalue weighted by molar-refractivity contribution is 7.89. The molecule has 1 aromatic heterocycles. The van der Waals surface area contributed by atoms with Crippen molar-refractivity contribution < 1.29 is 26.4 Å². The maximum atomic E-state index is 14.4. The van der Waals surface area contributed by atoms with Crippen molar-refractivity contribution in [1.29, 1.82) is 0 Å². The Balaban J connectivity index is 1.86. The Morgan fingerprint density at radius 2 is 1.62 bits per heavy atom. The molecule has 0 radical (unpaired) electrons. The molecule has 39 heavy (non-hydrogen) atoms. The van der Waals surface area contributed by atoms with E-state index in [1.165, 1.54) is 6.07 Å². The van der Waals surface area contributed by atoms with Gasteiger partial charge in [-0.2, -0.15) is 13.8 Å². The van der Waals surface area contributed by atoms with Crippen LogP contribution in [0.1, 0.15) is 41.0 Å². The van der Waals surface area contributed by atoms with Crippen molar-refractivity contribution in [3.05, 3.63) is 66.1 Å². The largest absolute Gasteiger partial charge is 0.381 e. The van der Waals surface area contributed by atoms with E-state index in [0.717, 1.165) is 0 Å². The van der Waals surface area contributed by atoms with E-state index < -0.39 is 56.6 Å². The zero-order chi connectivity index (χ0) is 29.1. The lowest BCUT2D eigenvalue weighted by Gasteiger charge is -2.22. The van der Waals surface area contributed by atoms with Crippen molar-refractivity contribution in [2.24, 2.45) is 5.92 Å². The predicted molar refractivity (Wildman–Crippen MR) is 146 cm³/mol. The van der Waals surface area contributed by atoms with Crippen LogP contribution in [-0.2, 0) is 14.8 Å². The van der Waals surface area contributed by atoms with Gasteiger partial charge in [-0.3, -0.25) is 4.79 Å². The molecule has 2 aromatic carbocycles. The highest BCUT2D eigenvalue weighted by atomic mass is 32.2. The number of hydrogen-bond acceptors (Lipinski definition) is 6. The lowest BCUT2D eigenvalue weighted by Crippen LogP contribution is -2.40. The molecule has 0 spiro atoms. The van der Waals surface area contributed by atoms with E-state index in [4.69, 9.17) is 5.73 Å². The van der Waals surface area contributed by atoms with E-state index in [-0.39, 0.29) is 17.2 Å². The van der Waals surface area contributed by atoms with Crippen LogP contribution in [0.3, 0.4) is 0 Å². The fourth-order valence-corrected chi connectivity index (χ4v) is 5.54. The molecule has 210 valence electrons. The number of nitrogens with zero attached hydrogens (tertiary/aromatic N) is 1. The maximum Gasteiger partial charge on any atom is 0.253 e. The second kappa shape index (κ2) is 11.6. The molecule has 0 bridgehead atoms. The number of amides is 1. The van der Waals surface area contributed by atoms with Crippen molar-refractivity contribution in [2.75, 3.05) is 16.4 Å². The van der Waals surface area contributed by atoms with Crippen molar-refractivity contribution in [1.82, 2.24) is 9.71 Å². The number of sulfonamides is 1. The highest BCUT2D eigenvalue weighted by Crippen LogP contribution is 2.30. The lowest BCUT2D eigenvalue weighted by atomic mass is 10.0. The summed E-state index contributed by atoms with van der Waals surface area (Å²) in [5.41, 5.74) is 5.18. The standard InChI is InChI=1S/C27H32F3N5O3S/c1-15(2)14-19(33-23-21(28)24(30)34-25(31)22(23)29)26(36)32-17-12-10-16(11-13-17)18-8-6-7-9-20(18)39(37,38)35-27(3,4)5/h6-13,15,19,35H,14H2,1-5H3,(H,32,36)(H3,31,33,34). The first-order valence-corrected chi connectivity index (χ1v) is 13.7. The van der Waals surface area contributed by atoms with Crippen molar-refractivity contribution in [3.8, 4) is 11.1 Å². The van der Waals surface area contributed by atoms with Crippen molar-refractivity contribution in [3.63, 3.8) is 0 Å². The minimum absolute atomic E-state index is 0.0639. The van der Waals surface area contributed by atoms with Crippen LogP contribution in [0.4, 0.5) is 30.4 Å². The Morgan fingerprint density at radius 1 is 1.00 bits per heavy atom. The minimum atomic E-state index is -3.82. The molecule has 12 heteroatoms. The summed E-state index contributed by atoms with van der Waals surface area (Å²) in [6, 6.07) is 11.8. The molecule has 0 aliphatic heterocycles. The summed E-state index contributed by atoms with van der Waals surface area (Å²) in [5.74, 6) is -5.99. The summed E-state index contributed by atoms with van der Waals surface area (Å²) in [6.07, 6.45) is 0.165. The van der Waals surface area contributed by atoms with Crippen LogP contribution in [0.2, 0.25) is 0 Å². The summed E-state index contributed by atoms with van der Waals surface area (Å²) in [5, 5.41) is 5.11. The number of rotatable bonds is 9. The van der Waals surface area contributed by atoms with Crippen LogP contribution in [0.15, 0.2) is 53.4 Å². The zero-order valence-electron chi connectivity index (χ0n) is 22.3. The van der Waals surface area contributed by atoms with Gasteiger partial charge in [0.25, 0.3) is 5.95 Å². The van der Waals surface area contributed by atoms with Crippen LogP contribution in [0, 0.1) is 23.5 Å². The van der Waals surface area contributed by atoms with Crippen LogP contribution in [0.25, 0.3) is 11.1 Å². The van der Waals surface area contributed by atoms with Gasteiger partial charge in [0, 0.05) is 16.8 Å². The number of anilines is 3. The fraction of sp³-hybridized carbons (Fsp3) is 0.333. The molecule has 3 rings (SSSR count). The summed E-state index contributed by atoms with van der Waals surface area (Å²) in [4.78, 5) is 16.1. The highest BCUT2D eigenvalue weighted by Gasteiger charge is 2.27. The number of hydrogen-bond donors (Lipinski definition) is 4. The second-order valence-corrected chi connectivity index (χ2v) is 12.2. The maximum absolute atomic E-state index is 14.4. The number of carbonyl (C=O) groups is 1. The average Bonchev–Trinajstić information content (AvgIpc) is 2.83. The van der Waals surface area contributed by atoms with E-state index in [9.17, 15) is 26.4 Å². The first-order valence-electron chi connectivity index (χ1n) is 12.2. The monoisotopic (exact) mass is 563 g/mol. The van der Waals surface area contributed by atoms with Crippen LogP contribution < -0.4 is 21.1 Å². The Labute approximate surface area is 226 Å². The van der Waals surface area contributed by atoms with E-state index in [1.807, 2.05) is 13.8 Å². The first kappa shape index (κ1) is 29.9. The summed E-state index contributed by atoms with van der Waals surface area (Å²) < 4.78 is 71.0. The molecule has 1 heterocycles. The molecule has 5 N–H and O–H groups in total. The van der Waals surface area contributed by atoms with Gasteiger partial charge in [-0.15, -0.1) is 0 Å². The van der Waals surface area contributed by atoms with E-state index in [2.05, 4.69) is 20.3 Å². The van der Waals surface area contributed by atoms with Gasteiger partial charge in [0.05, 0.1) is 4.90 Å². The third-order valence-electron chi connectivity index (χ3n) is 5.49.